The monoisotopic (exact) mass is 439 g/mol. The maximum atomic E-state index is 11.8. The van der Waals surface area contributed by atoms with E-state index in [9.17, 15) is 29.7 Å². The fourth-order valence-corrected chi connectivity index (χ4v) is 3.74. The number of carboxylic acid groups (broad SMARTS) is 1. The highest BCUT2D eigenvalue weighted by Crippen LogP contribution is 2.37. The van der Waals surface area contributed by atoms with Crippen LogP contribution >= 0.6 is 0 Å². The number of esters is 1. The van der Waals surface area contributed by atoms with Crippen LogP contribution in [-0.2, 0) is 33.3 Å². The zero-order valence-corrected chi connectivity index (χ0v) is 17.0. The third kappa shape index (κ3) is 5.20. The zero-order valence-electron chi connectivity index (χ0n) is 17.0. The number of benzene rings is 1. The van der Waals surface area contributed by atoms with Crippen molar-refractivity contribution in [3.63, 3.8) is 0 Å². The summed E-state index contributed by atoms with van der Waals surface area (Å²) in [7, 11) is 0. The number of aliphatic hydroxyl groups excluding tert-OH is 1. The van der Waals surface area contributed by atoms with Crippen LogP contribution in [0.1, 0.15) is 32.1 Å². The Bertz CT molecular complexity index is 817. The molecular formula is C20H25NO10. The fourth-order valence-electron chi connectivity index (χ4n) is 3.74. The number of carboxylic acids is 1. The van der Waals surface area contributed by atoms with Crippen LogP contribution in [0.5, 0.6) is 0 Å². The molecule has 2 aliphatic heterocycles. The number of hydrogen-bond donors (Lipinski definition) is 4. The van der Waals surface area contributed by atoms with Gasteiger partial charge in [0.2, 0.25) is 5.91 Å². The number of rotatable bonds is 5. The van der Waals surface area contributed by atoms with E-state index in [1.54, 1.807) is 30.3 Å². The molecule has 2 saturated heterocycles. The topological polar surface area (TPSA) is 161 Å². The summed E-state index contributed by atoms with van der Waals surface area (Å²) in [5, 5.41) is 33.2. The van der Waals surface area contributed by atoms with Gasteiger partial charge in [0.1, 0.15) is 24.4 Å². The van der Waals surface area contributed by atoms with Crippen molar-refractivity contribution in [1.29, 1.82) is 0 Å². The minimum Gasteiger partial charge on any atom is -0.477 e. The van der Waals surface area contributed by atoms with Gasteiger partial charge in [0, 0.05) is 19.4 Å². The van der Waals surface area contributed by atoms with Crippen LogP contribution < -0.4 is 5.32 Å². The van der Waals surface area contributed by atoms with Crippen LogP contribution in [0.3, 0.4) is 0 Å². The van der Waals surface area contributed by atoms with Crippen molar-refractivity contribution in [3.05, 3.63) is 35.9 Å². The number of ether oxygens (including phenoxy) is 4. The van der Waals surface area contributed by atoms with Gasteiger partial charge in [-0.05, 0) is 0 Å². The number of carbonyl (C=O) groups is 3. The molecule has 0 bridgehead atoms. The molecule has 11 heteroatoms. The quantitative estimate of drug-likeness (QED) is 0.439. The van der Waals surface area contributed by atoms with E-state index in [2.05, 4.69) is 5.32 Å². The van der Waals surface area contributed by atoms with Gasteiger partial charge in [0.15, 0.2) is 6.29 Å². The average molecular weight is 439 g/mol. The van der Waals surface area contributed by atoms with Crippen LogP contribution in [0.15, 0.2) is 30.3 Å². The molecule has 0 unspecified atom stereocenters. The molecule has 170 valence electrons. The number of aliphatic hydroxyl groups is 2. The summed E-state index contributed by atoms with van der Waals surface area (Å²) < 4.78 is 22.1. The highest BCUT2D eigenvalue weighted by atomic mass is 16.7. The lowest BCUT2D eigenvalue weighted by molar-refractivity contribution is -0.333. The Hall–Kier alpha value is -2.57. The van der Waals surface area contributed by atoms with Crippen molar-refractivity contribution in [2.24, 2.45) is 0 Å². The number of nitrogens with one attached hydrogen (secondary N) is 1. The van der Waals surface area contributed by atoms with Crippen LogP contribution in [0, 0.1) is 0 Å². The molecule has 7 atom stereocenters. The van der Waals surface area contributed by atoms with E-state index in [0.29, 0.717) is 5.56 Å². The molecular weight excluding hydrogens is 414 g/mol. The van der Waals surface area contributed by atoms with E-state index >= 15 is 0 Å². The molecule has 2 aliphatic rings. The highest BCUT2D eigenvalue weighted by Gasteiger charge is 2.57. The Balaban J connectivity index is 1.96. The van der Waals surface area contributed by atoms with Crippen molar-refractivity contribution >= 4 is 17.8 Å². The maximum Gasteiger partial charge on any atom is 0.364 e. The second-order valence-corrected chi connectivity index (χ2v) is 7.49. The van der Waals surface area contributed by atoms with Crippen molar-refractivity contribution in [2.75, 3.05) is 6.61 Å². The van der Waals surface area contributed by atoms with Crippen molar-refractivity contribution < 1.29 is 48.7 Å². The summed E-state index contributed by atoms with van der Waals surface area (Å²) in [5.41, 5.74) is 0.635. The smallest absolute Gasteiger partial charge is 0.364 e. The van der Waals surface area contributed by atoms with E-state index in [-0.39, 0.29) is 6.61 Å². The molecule has 0 radical (unpaired) electrons. The summed E-state index contributed by atoms with van der Waals surface area (Å²) in [4.78, 5) is 35.1. The minimum atomic E-state index is -2.73. The molecule has 0 saturated carbocycles. The van der Waals surface area contributed by atoms with Crippen molar-refractivity contribution in [1.82, 2.24) is 5.32 Å². The molecule has 3 rings (SSSR count). The first kappa shape index (κ1) is 23.1. The average Bonchev–Trinajstić information content (AvgIpc) is 2.70. The molecule has 0 aromatic heterocycles. The first-order valence-corrected chi connectivity index (χ1v) is 9.68. The molecule has 1 amide bonds. The van der Waals surface area contributed by atoms with Crippen molar-refractivity contribution in [3.8, 4) is 0 Å². The lowest BCUT2D eigenvalue weighted by Gasteiger charge is -2.48. The Labute approximate surface area is 177 Å². The number of amides is 1. The van der Waals surface area contributed by atoms with Crippen LogP contribution in [0.25, 0.3) is 0 Å². The first-order chi connectivity index (χ1) is 14.6. The summed E-state index contributed by atoms with van der Waals surface area (Å²) in [5.74, 6) is -5.71. The van der Waals surface area contributed by atoms with Gasteiger partial charge in [-0.25, -0.2) is 4.79 Å². The molecule has 1 aromatic carbocycles. The summed E-state index contributed by atoms with van der Waals surface area (Å²) >= 11 is 0. The Morgan fingerprint density at radius 1 is 1.16 bits per heavy atom. The van der Waals surface area contributed by atoms with E-state index in [1.807, 2.05) is 0 Å². The largest absolute Gasteiger partial charge is 0.477 e. The molecule has 2 heterocycles. The van der Waals surface area contributed by atoms with Gasteiger partial charge in [0.05, 0.1) is 19.1 Å². The van der Waals surface area contributed by atoms with Gasteiger partial charge >= 0.3 is 11.9 Å². The Morgan fingerprint density at radius 2 is 1.84 bits per heavy atom. The van der Waals surface area contributed by atoms with Gasteiger partial charge in [-0.3, -0.25) is 9.59 Å². The summed E-state index contributed by atoms with van der Waals surface area (Å²) in [6.45, 7) is 2.15. The SMILES string of the molecule is CC(=O)N[C@H]1[C@H]([C@@H]2O[C@H](c3ccccc3)OC[C@H]2O)O[C@](O)(C(=O)O)C[C@@H]1OC(C)=O. The van der Waals surface area contributed by atoms with Gasteiger partial charge in [-0.1, -0.05) is 30.3 Å². The number of hydrogen-bond acceptors (Lipinski definition) is 9. The van der Waals surface area contributed by atoms with Gasteiger partial charge in [-0.2, -0.15) is 0 Å². The Kier molecular flexibility index (Phi) is 6.92. The predicted molar refractivity (Wildman–Crippen MR) is 101 cm³/mol. The van der Waals surface area contributed by atoms with Crippen molar-refractivity contribution in [2.45, 2.75) is 62.8 Å². The molecule has 1 aromatic rings. The molecule has 11 nitrogen and oxygen atoms in total. The third-order valence-corrected chi connectivity index (χ3v) is 5.06. The van der Waals surface area contributed by atoms with E-state index < -0.39 is 66.8 Å². The summed E-state index contributed by atoms with van der Waals surface area (Å²) in [6, 6.07) is 7.70. The maximum absolute atomic E-state index is 11.8. The molecule has 0 aliphatic carbocycles. The summed E-state index contributed by atoms with van der Waals surface area (Å²) in [6.07, 6.45) is -6.69. The number of aliphatic carboxylic acids is 1. The van der Waals surface area contributed by atoms with Crippen LogP contribution in [-0.4, -0.2) is 76.0 Å². The molecule has 4 N–H and O–H groups in total. The lowest BCUT2D eigenvalue weighted by Crippen LogP contribution is -2.68. The minimum absolute atomic E-state index is 0.180. The predicted octanol–water partition coefficient (Wildman–Crippen LogP) is -0.540. The van der Waals surface area contributed by atoms with Crippen LogP contribution in [0.4, 0.5) is 0 Å². The van der Waals surface area contributed by atoms with Gasteiger partial charge in [0.25, 0.3) is 5.79 Å². The first-order valence-electron chi connectivity index (χ1n) is 9.68. The molecule has 0 spiro atoms. The zero-order chi connectivity index (χ0) is 22.8. The lowest BCUT2D eigenvalue weighted by atomic mass is 9.88. The number of carbonyl (C=O) groups excluding carboxylic acids is 2. The van der Waals surface area contributed by atoms with Crippen LogP contribution in [0.2, 0.25) is 0 Å². The fraction of sp³-hybridized carbons (Fsp3) is 0.550. The third-order valence-electron chi connectivity index (χ3n) is 5.06. The Morgan fingerprint density at radius 3 is 2.42 bits per heavy atom. The van der Waals surface area contributed by atoms with E-state index in [1.165, 1.54) is 6.92 Å². The van der Waals surface area contributed by atoms with Gasteiger partial charge < -0.3 is 39.6 Å². The molecule has 2 fully saturated rings. The second kappa shape index (κ2) is 9.28. The van der Waals surface area contributed by atoms with E-state index in [0.717, 1.165) is 6.92 Å². The standard InChI is InChI=1S/C20H25NO10/c1-10(22)21-15-14(29-11(2)23)8-20(27,19(25)26)31-17(15)16-13(24)9-28-18(30-16)12-6-4-3-5-7-12/h3-7,13-18,24,27H,8-9H2,1-2H3,(H,21,22)(H,25,26)/t13-,14+,15-,16-,17-,18-,20+/m1/s1. The van der Waals surface area contributed by atoms with E-state index in [4.69, 9.17) is 18.9 Å². The highest BCUT2D eigenvalue weighted by molar-refractivity contribution is 5.76. The molecule has 31 heavy (non-hydrogen) atoms. The van der Waals surface area contributed by atoms with Gasteiger partial charge in [-0.15, -0.1) is 0 Å². The normalized spacial score (nSPS) is 35.7. The second-order valence-electron chi connectivity index (χ2n) is 7.49.